The molecule has 0 atom stereocenters. The van der Waals surface area contributed by atoms with Gasteiger partial charge in [-0.3, -0.25) is 14.9 Å². The van der Waals surface area contributed by atoms with E-state index in [4.69, 9.17) is 4.52 Å². The Balaban J connectivity index is 1.82. The molecular weight excluding hydrogens is 433 g/mol. The maximum atomic E-state index is 12.7. The van der Waals surface area contributed by atoms with Gasteiger partial charge in [0, 0.05) is 38.3 Å². The Morgan fingerprint density at radius 2 is 1.83 bits per heavy atom. The fourth-order valence-electron chi connectivity index (χ4n) is 2.99. The zero-order chi connectivity index (χ0) is 22.3. The molecule has 14 heteroatoms. The van der Waals surface area contributed by atoms with Gasteiger partial charge in [0.25, 0.3) is 21.4 Å². The van der Waals surface area contributed by atoms with E-state index >= 15 is 0 Å². The topological polar surface area (TPSA) is 127 Å². The van der Waals surface area contributed by atoms with Gasteiger partial charge < -0.3 is 14.3 Å². The Bertz CT molecular complexity index is 1090. The van der Waals surface area contributed by atoms with Crippen molar-refractivity contribution in [1.29, 1.82) is 0 Å². The first kappa shape index (κ1) is 21.5. The van der Waals surface area contributed by atoms with Crippen LogP contribution in [-0.2, 0) is 9.84 Å². The Hall–Kier alpha value is -3.16. The number of nitrogens with zero attached hydrogens (tertiary/aromatic N) is 4. The standard InChI is InChI=1S/C16H15F3N4O6S/c1-10-8-14(29-20-10)15(24)22-6-4-21(5-7-22)12-3-2-11(9-13(12)23(25)26)30(27,28)16(17,18)19/h2-3,8-9H,4-7H2,1H3. The van der Waals surface area contributed by atoms with E-state index in [-0.39, 0.29) is 37.6 Å². The van der Waals surface area contributed by atoms with Gasteiger partial charge in [0.15, 0.2) is 0 Å². The molecule has 0 unspecified atom stereocenters. The average molecular weight is 448 g/mol. The van der Waals surface area contributed by atoms with Crippen LogP contribution >= 0.6 is 0 Å². The number of halogens is 3. The number of benzene rings is 1. The van der Waals surface area contributed by atoms with Crippen LogP contribution in [0.15, 0.2) is 33.7 Å². The molecule has 0 saturated carbocycles. The maximum Gasteiger partial charge on any atom is 0.501 e. The summed E-state index contributed by atoms with van der Waals surface area (Å²) in [6.45, 7) is 2.27. The molecule has 0 radical (unpaired) electrons. The first-order chi connectivity index (χ1) is 13.9. The van der Waals surface area contributed by atoms with Crippen LogP contribution in [0.25, 0.3) is 0 Å². The molecule has 0 N–H and O–H groups in total. The number of aryl methyl sites for hydroxylation is 1. The molecule has 3 rings (SSSR count). The molecule has 10 nitrogen and oxygen atoms in total. The van der Waals surface area contributed by atoms with E-state index < -0.39 is 36.8 Å². The second-order valence-electron chi connectivity index (χ2n) is 6.47. The van der Waals surface area contributed by atoms with E-state index in [1.807, 2.05) is 0 Å². The largest absolute Gasteiger partial charge is 0.501 e. The van der Waals surface area contributed by atoms with Gasteiger partial charge in [0.2, 0.25) is 5.76 Å². The van der Waals surface area contributed by atoms with Crippen LogP contribution in [0.4, 0.5) is 24.5 Å². The fraction of sp³-hybridized carbons (Fsp3) is 0.375. The number of rotatable bonds is 4. The van der Waals surface area contributed by atoms with E-state index in [0.717, 1.165) is 6.07 Å². The predicted molar refractivity (Wildman–Crippen MR) is 95.7 cm³/mol. The maximum absolute atomic E-state index is 12.7. The summed E-state index contributed by atoms with van der Waals surface area (Å²) < 4.78 is 66.3. The Kier molecular flexibility index (Phi) is 5.45. The molecule has 1 aliphatic heterocycles. The molecule has 0 spiro atoms. The molecule has 1 aromatic heterocycles. The number of piperazine rings is 1. The van der Waals surface area contributed by atoms with Crippen LogP contribution < -0.4 is 4.90 Å². The van der Waals surface area contributed by atoms with E-state index in [1.165, 1.54) is 15.9 Å². The number of amides is 1. The van der Waals surface area contributed by atoms with Crippen molar-refractivity contribution in [2.24, 2.45) is 0 Å². The first-order valence-corrected chi connectivity index (χ1v) is 9.97. The van der Waals surface area contributed by atoms with E-state index in [1.54, 1.807) is 6.92 Å². The molecule has 1 fully saturated rings. The van der Waals surface area contributed by atoms with Gasteiger partial charge in [0.1, 0.15) is 5.69 Å². The lowest BCUT2D eigenvalue weighted by molar-refractivity contribution is -0.384. The summed E-state index contributed by atoms with van der Waals surface area (Å²) in [5, 5.41) is 15.0. The zero-order valence-corrected chi connectivity index (χ0v) is 16.2. The highest BCUT2D eigenvalue weighted by Gasteiger charge is 2.47. The zero-order valence-electron chi connectivity index (χ0n) is 15.4. The number of carbonyl (C=O) groups is 1. The summed E-state index contributed by atoms with van der Waals surface area (Å²) in [5.74, 6) is -0.356. The minimum Gasteiger partial charge on any atom is -0.362 e. The number of aromatic nitrogens is 1. The van der Waals surface area contributed by atoms with Crippen LogP contribution in [0, 0.1) is 17.0 Å². The normalized spacial score (nSPS) is 15.3. The summed E-state index contributed by atoms with van der Waals surface area (Å²) in [4.78, 5) is 24.5. The highest BCUT2D eigenvalue weighted by Crippen LogP contribution is 2.36. The van der Waals surface area contributed by atoms with Gasteiger partial charge in [-0.1, -0.05) is 5.16 Å². The third-order valence-corrected chi connectivity index (χ3v) is 5.99. The lowest BCUT2D eigenvalue weighted by Crippen LogP contribution is -2.48. The van der Waals surface area contributed by atoms with E-state index in [2.05, 4.69) is 5.16 Å². The Morgan fingerprint density at radius 3 is 2.33 bits per heavy atom. The van der Waals surface area contributed by atoms with Crippen LogP contribution in [-0.4, -0.2) is 61.0 Å². The first-order valence-electron chi connectivity index (χ1n) is 8.49. The van der Waals surface area contributed by atoms with Gasteiger partial charge in [0.05, 0.1) is 15.5 Å². The number of hydrogen-bond acceptors (Lipinski definition) is 8. The second kappa shape index (κ2) is 7.59. The van der Waals surface area contributed by atoms with Crippen molar-refractivity contribution >= 4 is 27.1 Å². The average Bonchev–Trinajstić information content (AvgIpc) is 3.12. The summed E-state index contributed by atoms with van der Waals surface area (Å²) in [6, 6.07) is 3.51. The van der Waals surface area contributed by atoms with Crippen molar-refractivity contribution in [3.05, 3.63) is 45.8 Å². The fourth-order valence-corrected chi connectivity index (χ4v) is 3.77. The highest BCUT2D eigenvalue weighted by molar-refractivity contribution is 7.92. The SMILES string of the molecule is Cc1cc(C(=O)N2CCN(c3ccc(S(=O)(=O)C(F)(F)F)cc3[N+](=O)[O-])CC2)on1. The number of hydrogen-bond donors (Lipinski definition) is 0. The molecule has 1 aromatic carbocycles. The minimum absolute atomic E-state index is 0.0382. The Labute approximate surface area is 167 Å². The van der Waals surface area contributed by atoms with Gasteiger partial charge in [-0.25, -0.2) is 8.42 Å². The van der Waals surface area contributed by atoms with Gasteiger partial charge in [-0.15, -0.1) is 0 Å². The van der Waals surface area contributed by atoms with Crippen LogP contribution in [0.1, 0.15) is 16.2 Å². The quantitative estimate of drug-likeness (QED) is 0.514. The third-order valence-electron chi connectivity index (χ3n) is 4.50. The van der Waals surface area contributed by atoms with E-state index in [0.29, 0.717) is 17.8 Å². The molecule has 2 heterocycles. The molecule has 0 bridgehead atoms. The molecule has 162 valence electrons. The Morgan fingerprint density at radius 1 is 1.20 bits per heavy atom. The summed E-state index contributed by atoms with van der Waals surface area (Å²) in [6.07, 6.45) is 0. The molecule has 0 aliphatic carbocycles. The molecule has 1 amide bonds. The van der Waals surface area contributed by atoms with Crippen molar-refractivity contribution in [3.8, 4) is 0 Å². The van der Waals surface area contributed by atoms with Crippen LogP contribution in [0.3, 0.4) is 0 Å². The van der Waals surface area contributed by atoms with Crippen LogP contribution in [0.5, 0.6) is 0 Å². The number of anilines is 1. The van der Waals surface area contributed by atoms with Crippen molar-refractivity contribution in [2.75, 3.05) is 31.1 Å². The van der Waals surface area contributed by atoms with Gasteiger partial charge >= 0.3 is 5.51 Å². The third kappa shape index (κ3) is 3.94. The second-order valence-corrected chi connectivity index (χ2v) is 8.41. The van der Waals surface area contributed by atoms with Gasteiger partial charge in [-0.2, -0.15) is 13.2 Å². The summed E-state index contributed by atoms with van der Waals surface area (Å²) in [5.41, 5.74) is -5.86. The lowest BCUT2D eigenvalue weighted by atomic mass is 10.2. The van der Waals surface area contributed by atoms with Crippen LogP contribution in [0.2, 0.25) is 0 Å². The summed E-state index contributed by atoms with van der Waals surface area (Å²) in [7, 11) is -5.72. The van der Waals surface area contributed by atoms with Crippen molar-refractivity contribution in [1.82, 2.24) is 10.1 Å². The van der Waals surface area contributed by atoms with Crippen molar-refractivity contribution in [2.45, 2.75) is 17.3 Å². The minimum atomic E-state index is -5.72. The molecule has 1 aliphatic rings. The molecule has 1 saturated heterocycles. The number of nitro groups is 1. The number of alkyl halides is 3. The summed E-state index contributed by atoms with van der Waals surface area (Å²) >= 11 is 0. The lowest BCUT2D eigenvalue weighted by Gasteiger charge is -2.35. The molecule has 2 aromatic rings. The van der Waals surface area contributed by atoms with Crippen molar-refractivity contribution in [3.63, 3.8) is 0 Å². The number of sulfone groups is 1. The number of nitro benzene ring substituents is 1. The van der Waals surface area contributed by atoms with E-state index in [9.17, 15) is 36.5 Å². The smallest absolute Gasteiger partial charge is 0.362 e. The number of carbonyl (C=O) groups excluding carboxylic acids is 1. The highest BCUT2D eigenvalue weighted by atomic mass is 32.2. The van der Waals surface area contributed by atoms with Gasteiger partial charge in [-0.05, 0) is 19.1 Å². The predicted octanol–water partition coefficient (Wildman–Crippen LogP) is 2.15. The molecular formula is C16H15F3N4O6S. The van der Waals surface area contributed by atoms with Crippen molar-refractivity contribution < 1.29 is 35.8 Å². The molecule has 30 heavy (non-hydrogen) atoms. The monoisotopic (exact) mass is 448 g/mol.